The van der Waals surface area contributed by atoms with E-state index in [4.69, 9.17) is 0 Å². The van der Waals surface area contributed by atoms with Crippen LogP contribution in [-0.2, 0) is 12.0 Å². The summed E-state index contributed by atoms with van der Waals surface area (Å²) in [5.74, 6) is -0.275. The van der Waals surface area contributed by atoms with Crippen molar-refractivity contribution in [3.63, 3.8) is 0 Å². The summed E-state index contributed by atoms with van der Waals surface area (Å²) >= 11 is 0. The zero-order valence-corrected chi connectivity index (χ0v) is 18.2. The number of pyridine rings is 1. The number of nitrogens with one attached hydrogen (secondary N) is 2. The minimum atomic E-state index is -0.579. The molecule has 0 aliphatic heterocycles. The van der Waals surface area contributed by atoms with Gasteiger partial charge in [-0.1, -0.05) is 51.1 Å². The highest BCUT2D eigenvalue weighted by Gasteiger charge is 2.44. The summed E-state index contributed by atoms with van der Waals surface area (Å²) in [7, 11) is 0. The van der Waals surface area contributed by atoms with Crippen molar-refractivity contribution in [1.29, 1.82) is 0 Å². The third kappa shape index (κ3) is 3.92. The van der Waals surface area contributed by atoms with Crippen molar-refractivity contribution in [3.05, 3.63) is 74.1 Å². The molecule has 7 nitrogen and oxygen atoms in total. The Bertz CT molecular complexity index is 1240. The van der Waals surface area contributed by atoms with Crippen molar-refractivity contribution in [2.75, 3.05) is 6.54 Å². The molecule has 1 aromatic carbocycles. The van der Waals surface area contributed by atoms with Gasteiger partial charge in [0.1, 0.15) is 0 Å². The maximum Gasteiger partial charge on any atom is 0.329 e. The van der Waals surface area contributed by atoms with Crippen LogP contribution in [0.2, 0.25) is 0 Å². The molecule has 1 saturated carbocycles. The van der Waals surface area contributed by atoms with Gasteiger partial charge in [-0.2, -0.15) is 0 Å². The Hall–Kier alpha value is -3.22. The van der Waals surface area contributed by atoms with Gasteiger partial charge in [-0.05, 0) is 36.8 Å². The maximum atomic E-state index is 13.3. The first-order valence-electron chi connectivity index (χ1n) is 10.9. The molecule has 2 heterocycles. The van der Waals surface area contributed by atoms with Gasteiger partial charge in [-0.15, -0.1) is 0 Å². The van der Waals surface area contributed by atoms with Crippen molar-refractivity contribution in [2.45, 2.75) is 57.9 Å². The Kier molecular flexibility index (Phi) is 5.52. The van der Waals surface area contributed by atoms with E-state index in [0.29, 0.717) is 25.2 Å². The molecule has 0 atom stereocenters. The van der Waals surface area contributed by atoms with E-state index >= 15 is 0 Å². The fourth-order valence-corrected chi connectivity index (χ4v) is 4.05. The number of aromatic amines is 1. The van der Waals surface area contributed by atoms with Gasteiger partial charge in [0, 0.05) is 24.2 Å². The number of carbonyl (C=O) groups excluding carboxylic acids is 1. The molecule has 1 aliphatic rings. The molecule has 1 amide bonds. The van der Waals surface area contributed by atoms with E-state index in [9.17, 15) is 14.4 Å². The highest BCUT2D eigenvalue weighted by atomic mass is 16.2. The second-order valence-corrected chi connectivity index (χ2v) is 8.69. The Morgan fingerprint density at radius 1 is 1.23 bits per heavy atom. The average molecular weight is 421 g/mol. The zero-order chi connectivity index (χ0) is 22.2. The number of benzene rings is 1. The molecule has 3 aromatic rings. The number of amides is 1. The van der Waals surface area contributed by atoms with Crippen molar-refractivity contribution >= 4 is 16.9 Å². The van der Waals surface area contributed by atoms with Crippen molar-refractivity contribution in [2.24, 2.45) is 0 Å². The highest BCUT2D eigenvalue weighted by molar-refractivity contribution is 6.05. The van der Waals surface area contributed by atoms with Crippen LogP contribution in [0.15, 0.2) is 46.0 Å². The normalized spacial score (nSPS) is 14.7. The molecule has 2 N–H and O–H groups in total. The lowest BCUT2D eigenvalue weighted by atomic mass is 9.96. The van der Waals surface area contributed by atoms with Crippen LogP contribution in [0.5, 0.6) is 0 Å². The SMILES string of the molecule is CCCn1c(=O)[nH]c(=O)c2c(C(=O)NCC3(c4ccccc4)CC3)cc(C(C)C)nc21. The molecule has 1 aliphatic carbocycles. The number of fused-ring (bicyclic) bond motifs is 1. The Morgan fingerprint density at radius 3 is 2.55 bits per heavy atom. The van der Waals surface area contributed by atoms with Gasteiger partial charge in [0.25, 0.3) is 11.5 Å². The van der Waals surface area contributed by atoms with E-state index < -0.39 is 11.2 Å². The number of H-pyrrole nitrogens is 1. The standard InChI is InChI=1S/C24H28N4O3/c1-4-12-28-20-19(22(30)27-23(28)31)17(13-18(26-20)15(2)3)21(29)25-14-24(10-11-24)16-8-6-5-7-9-16/h5-9,13,15H,4,10-12,14H2,1-3H3,(H,25,29)(H,27,30,31). The summed E-state index contributed by atoms with van der Waals surface area (Å²) in [6.45, 7) is 6.81. The molecule has 31 heavy (non-hydrogen) atoms. The van der Waals surface area contributed by atoms with Crippen molar-refractivity contribution in [3.8, 4) is 0 Å². The van der Waals surface area contributed by atoms with Crippen LogP contribution < -0.4 is 16.6 Å². The number of rotatable bonds is 7. The minimum absolute atomic E-state index is 0.0412. The summed E-state index contributed by atoms with van der Waals surface area (Å²) in [5, 5.41) is 3.21. The molecule has 1 fully saturated rings. The maximum absolute atomic E-state index is 13.3. The number of carbonyl (C=O) groups is 1. The Balaban J connectivity index is 1.76. The molecule has 0 radical (unpaired) electrons. The Labute approximate surface area is 180 Å². The highest BCUT2D eigenvalue weighted by Crippen LogP contribution is 2.47. The largest absolute Gasteiger partial charge is 0.351 e. The summed E-state index contributed by atoms with van der Waals surface area (Å²) in [6.07, 6.45) is 2.74. The first-order valence-corrected chi connectivity index (χ1v) is 10.9. The van der Waals surface area contributed by atoms with Crippen molar-refractivity contribution < 1.29 is 4.79 Å². The lowest BCUT2D eigenvalue weighted by molar-refractivity contribution is 0.0951. The minimum Gasteiger partial charge on any atom is -0.351 e. The van der Waals surface area contributed by atoms with Crippen LogP contribution in [0.1, 0.15) is 67.6 Å². The molecule has 0 spiro atoms. The number of aromatic nitrogens is 3. The third-order valence-electron chi connectivity index (χ3n) is 6.08. The van der Waals surface area contributed by atoms with Gasteiger partial charge in [-0.25, -0.2) is 9.78 Å². The monoisotopic (exact) mass is 420 g/mol. The zero-order valence-electron chi connectivity index (χ0n) is 18.2. The lowest BCUT2D eigenvalue weighted by Gasteiger charge is -2.18. The smallest absolute Gasteiger partial charge is 0.329 e. The predicted molar refractivity (Wildman–Crippen MR) is 121 cm³/mol. The van der Waals surface area contributed by atoms with Crippen LogP contribution >= 0.6 is 0 Å². The van der Waals surface area contributed by atoms with E-state index in [-0.39, 0.29) is 33.8 Å². The summed E-state index contributed by atoms with van der Waals surface area (Å²) in [6, 6.07) is 11.9. The molecule has 0 unspecified atom stereocenters. The fourth-order valence-electron chi connectivity index (χ4n) is 4.05. The van der Waals surface area contributed by atoms with Crippen LogP contribution in [0.4, 0.5) is 0 Å². The van der Waals surface area contributed by atoms with E-state index in [1.807, 2.05) is 39.0 Å². The number of hydrogen-bond acceptors (Lipinski definition) is 4. The molecule has 2 aromatic heterocycles. The molecule has 0 bridgehead atoms. The molecule has 0 saturated heterocycles. The van der Waals surface area contributed by atoms with Crippen LogP contribution in [0.25, 0.3) is 11.0 Å². The quantitative estimate of drug-likeness (QED) is 0.614. The number of hydrogen-bond donors (Lipinski definition) is 2. The lowest BCUT2D eigenvalue weighted by Crippen LogP contribution is -2.35. The van der Waals surface area contributed by atoms with E-state index in [1.165, 1.54) is 10.1 Å². The molecular formula is C24H28N4O3. The van der Waals surface area contributed by atoms with E-state index in [2.05, 4.69) is 27.4 Å². The molecule has 162 valence electrons. The summed E-state index contributed by atoms with van der Waals surface area (Å²) in [4.78, 5) is 45.3. The Morgan fingerprint density at radius 2 is 1.94 bits per heavy atom. The second kappa shape index (κ2) is 8.13. The topological polar surface area (TPSA) is 96.9 Å². The van der Waals surface area contributed by atoms with Gasteiger partial charge >= 0.3 is 5.69 Å². The van der Waals surface area contributed by atoms with Gasteiger partial charge in [0.15, 0.2) is 5.65 Å². The average Bonchev–Trinajstić information content (AvgIpc) is 3.56. The first-order chi connectivity index (χ1) is 14.9. The molecular weight excluding hydrogens is 392 g/mol. The van der Waals surface area contributed by atoms with Gasteiger partial charge in [0.05, 0.1) is 10.9 Å². The van der Waals surface area contributed by atoms with Gasteiger partial charge < -0.3 is 5.32 Å². The van der Waals surface area contributed by atoms with Gasteiger partial charge in [-0.3, -0.25) is 19.1 Å². The van der Waals surface area contributed by atoms with Crippen LogP contribution in [-0.4, -0.2) is 27.0 Å². The molecule has 7 heteroatoms. The second-order valence-electron chi connectivity index (χ2n) is 8.69. The fraction of sp³-hybridized carbons (Fsp3) is 0.417. The third-order valence-corrected chi connectivity index (χ3v) is 6.08. The van der Waals surface area contributed by atoms with Crippen LogP contribution in [0, 0.1) is 0 Å². The molecule has 4 rings (SSSR count). The summed E-state index contributed by atoms with van der Waals surface area (Å²) < 4.78 is 1.45. The number of nitrogens with zero attached hydrogens (tertiary/aromatic N) is 2. The first kappa shape index (κ1) is 21.0. The predicted octanol–water partition coefficient (Wildman–Crippen LogP) is 3.08. The van der Waals surface area contributed by atoms with Crippen molar-refractivity contribution in [1.82, 2.24) is 19.9 Å². The van der Waals surface area contributed by atoms with E-state index in [1.54, 1.807) is 6.07 Å². The van der Waals surface area contributed by atoms with Gasteiger partial charge in [0.2, 0.25) is 0 Å². The van der Waals surface area contributed by atoms with E-state index in [0.717, 1.165) is 12.8 Å². The number of aryl methyl sites for hydroxylation is 1. The summed E-state index contributed by atoms with van der Waals surface area (Å²) in [5.41, 5.74) is 1.31. The van der Waals surface area contributed by atoms with Crippen LogP contribution in [0.3, 0.4) is 0 Å².